The van der Waals surface area contributed by atoms with Crippen LogP contribution in [-0.4, -0.2) is 41.3 Å². The van der Waals surface area contributed by atoms with E-state index in [0.29, 0.717) is 6.42 Å². The molecule has 0 radical (unpaired) electrons. The van der Waals surface area contributed by atoms with E-state index in [0.717, 1.165) is 45.3 Å². The van der Waals surface area contributed by atoms with E-state index in [9.17, 15) is 15.0 Å². The van der Waals surface area contributed by atoms with Crippen LogP contribution in [0.2, 0.25) is 0 Å². The summed E-state index contributed by atoms with van der Waals surface area (Å²) in [7, 11) is 0. The van der Waals surface area contributed by atoms with Crippen LogP contribution < -0.4 is 0 Å². The van der Waals surface area contributed by atoms with Crippen molar-refractivity contribution < 1.29 is 24.5 Å². The Morgan fingerprint density at radius 1 is 0.812 bits per heavy atom. The van der Waals surface area contributed by atoms with Crippen LogP contribution >= 0.6 is 0 Å². The lowest BCUT2D eigenvalue weighted by Crippen LogP contribution is -2.45. The van der Waals surface area contributed by atoms with Gasteiger partial charge < -0.3 is 19.7 Å². The maximum absolute atomic E-state index is 11.7. The number of hydrogen-bond donors (Lipinski definition) is 2. The van der Waals surface area contributed by atoms with Gasteiger partial charge >= 0.3 is 5.97 Å². The number of esters is 1. The molecule has 5 heteroatoms. The Morgan fingerprint density at radius 3 is 1.62 bits per heavy atom. The van der Waals surface area contributed by atoms with E-state index in [4.69, 9.17) is 9.47 Å². The number of unbranched alkanes of at least 4 members (excludes halogenated alkanes) is 14. The molecule has 2 atom stereocenters. The predicted octanol–water partition coefficient (Wildman–Crippen LogP) is 6.84. The van der Waals surface area contributed by atoms with Crippen molar-refractivity contribution in [1.29, 1.82) is 0 Å². The van der Waals surface area contributed by atoms with Crippen LogP contribution in [0, 0.1) is 0 Å². The van der Waals surface area contributed by atoms with Gasteiger partial charge in [-0.15, -0.1) is 0 Å². The highest BCUT2D eigenvalue weighted by molar-refractivity contribution is 5.87. The Hall–Kier alpha value is -0.910. The standard InChI is InChI=1S/C27H52O5/c1-5-6-7-8-9-10-11-13-16-19-22-31-23-20-17-14-12-15-18-21-27(30,25(4)28)32-26(29)24(2)3/h25,28,30H,2,5-23H2,1,3-4H3. The van der Waals surface area contributed by atoms with Crippen molar-refractivity contribution in [2.45, 2.75) is 142 Å². The first-order chi connectivity index (χ1) is 15.3. The molecule has 0 bridgehead atoms. The summed E-state index contributed by atoms with van der Waals surface area (Å²) >= 11 is 0. The Balaban J connectivity index is 3.46. The third kappa shape index (κ3) is 17.6. The van der Waals surface area contributed by atoms with Crippen molar-refractivity contribution in [2.75, 3.05) is 13.2 Å². The summed E-state index contributed by atoms with van der Waals surface area (Å²) in [5, 5.41) is 20.2. The van der Waals surface area contributed by atoms with Gasteiger partial charge in [-0.25, -0.2) is 4.79 Å². The Labute approximate surface area is 198 Å². The minimum absolute atomic E-state index is 0.208. The molecule has 0 saturated heterocycles. The van der Waals surface area contributed by atoms with Gasteiger partial charge in [0.2, 0.25) is 5.79 Å². The molecular formula is C27H52O5. The first-order valence-electron chi connectivity index (χ1n) is 13.2. The highest BCUT2D eigenvalue weighted by atomic mass is 16.7. The summed E-state index contributed by atoms with van der Waals surface area (Å²) < 4.78 is 10.8. The molecule has 0 aliphatic carbocycles. The zero-order valence-corrected chi connectivity index (χ0v) is 21.3. The highest BCUT2D eigenvalue weighted by Gasteiger charge is 2.36. The summed E-state index contributed by atoms with van der Waals surface area (Å²) in [5.74, 6) is -2.51. The number of ether oxygens (including phenoxy) is 2. The topological polar surface area (TPSA) is 76.0 Å². The van der Waals surface area contributed by atoms with Crippen LogP contribution in [0.15, 0.2) is 12.2 Å². The summed E-state index contributed by atoms with van der Waals surface area (Å²) in [5.41, 5.74) is 0.208. The first-order valence-corrected chi connectivity index (χ1v) is 13.2. The minimum atomic E-state index is -1.83. The number of rotatable bonds is 23. The Kier molecular flexibility index (Phi) is 20.1. The average molecular weight is 457 g/mol. The largest absolute Gasteiger partial charge is 0.427 e. The van der Waals surface area contributed by atoms with Gasteiger partial charge in [-0.3, -0.25) is 0 Å². The maximum atomic E-state index is 11.7. The van der Waals surface area contributed by atoms with E-state index in [2.05, 4.69) is 13.5 Å². The smallest absolute Gasteiger partial charge is 0.335 e. The predicted molar refractivity (Wildman–Crippen MR) is 133 cm³/mol. The minimum Gasteiger partial charge on any atom is -0.427 e. The molecule has 32 heavy (non-hydrogen) atoms. The lowest BCUT2D eigenvalue weighted by molar-refractivity contribution is -0.244. The summed E-state index contributed by atoms with van der Waals surface area (Å²) in [4.78, 5) is 11.7. The monoisotopic (exact) mass is 456 g/mol. The fourth-order valence-electron chi connectivity index (χ4n) is 3.68. The Bertz CT molecular complexity index is 463. The van der Waals surface area contributed by atoms with Crippen molar-refractivity contribution in [3.8, 4) is 0 Å². The molecule has 5 nitrogen and oxygen atoms in total. The second-order valence-corrected chi connectivity index (χ2v) is 9.36. The summed E-state index contributed by atoms with van der Waals surface area (Å²) in [6, 6.07) is 0. The van der Waals surface area contributed by atoms with Gasteiger partial charge in [0.15, 0.2) is 0 Å². The van der Waals surface area contributed by atoms with Gasteiger partial charge in [0, 0.05) is 25.2 Å². The lowest BCUT2D eigenvalue weighted by atomic mass is 10.0. The van der Waals surface area contributed by atoms with Gasteiger partial charge in [0.05, 0.1) is 0 Å². The SMILES string of the molecule is C=C(C)C(=O)OC(O)(CCCCCCCCOCCCCCCCCCCCC)C(C)O. The zero-order valence-electron chi connectivity index (χ0n) is 21.3. The van der Waals surface area contributed by atoms with E-state index in [-0.39, 0.29) is 12.0 Å². The number of aliphatic hydroxyl groups is 2. The number of carbonyl (C=O) groups is 1. The third-order valence-electron chi connectivity index (χ3n) is 5.99. The van der Waals surface area contributed by atoms with Gasteiger partial charge in [-0.05, 0) is 33.1 Å². The summed E-state index contributed by atoms with van der Waals surface area (Å²) in [6.07, 6.45) is 18.6. The quantitative estimate of drug-likeness (QED) is 0.0761. The van der Waals surface area contributed by atoms with Crippen LogP contribution in [-0.2, 0) is 14.3 Å². The fraction of sp³-hybridized carbons (Fsp3) is 0.889. The van der Waals surface area contributed by atoms with E-state index in [1.807, 2.05) is 0 Å². The van der Waals surface area contributed by atoms with Crippen LogP contribution in [0.25, 0.3) is 0 Å². The van der Waals surface area contributed by atoms with Crippen molar-refractivity contribution in [2.24, 2.45) is 0 Å². The molecule has 0 rings (SSSR count). The molecule has 2 N–H and O–H groups in total. The molecule has 0 aromatic carbocycles. The number of aliphatic hydroxyl groups excluding tert-OH is 1. The molecule has 0 aromatic rings. The van der Waals surface area contributed by atoms with Crippen LogP contribution in [0.3, 0.4) is 0 Å². The summed E-state index contributed by atoms with van der Waals surface area (Å²) in [6.45, 7) is 10.5. The van der Waals surface area contributed by atoms with E-state index < -0.39 is 17.9 Å². The molecule has 190 valence electrons. The molecule has 0 heterocycles. The molecule has 0 aromatic heterocycles. The number of carbonyl (C=O) groups excluding carboxylic acids is 1. The van der Waals surface area contributed by atoms with E-state index in [1.165, 1.54) is 78.1 Å². The normalized spacial score (nSPS) is 14.2. The zero-order chi connectivity index (χ0) is 24.1. The van der Waals surface area contributed by atoms with Crippen molar-refractivity contribution in [3.63, 3.8) is 0 Å². The average Bonchev–Trinajstić information content (AvgIpc) is 2.75. The molecule has 0 amide bonds. The lowest BCUT2D eigenvalue weighted by Gasteiger charge is -2.30. The second-order valence-electron chi connectivity index (χ2n) is 9.36. The van der Waals surface area contributed by atoms with Gasteiger partial charge in [0.1, 0.15) is 6.10 Å². The fourth-order valence-corrected chi connectivity index (χ4v) is 3.68. The number of hydrogen-bond acceptors (Lipinski definition) is 5. The molecule has 2 unspecified atom stereocenters. The van der Waals surface area contributed by atoms with Gasteiger partial charge in [-0.1, -0.05) is 97.0 Å². The molecule has 0 aliphatic rings. The Morgan fingerprint density at radius 2 is 1.22 bits per heavy atom. The van der Waals surface area contributed by atoms with Gasteiger partial charge in [-0.2, -0.15) is 0 Å². The maximum Gasteiger partial charge on any atom is 0.335 e. The van der Waals surface area contributed by atoms with Crippen molar-refractivity contribution >= 4 is 5.97 Å². The molecule has 0 fully saturated rings. The molecular weight excluding hydrogens is 404 g/mol. The van der Waals surface area contributed by atoms with Crippen LogP contribution in [0.4, 0.5) is 0 Å². The molecule has 0 aliphatic heterocycles. The van der Waals surface area contributed by atoms with Crippen molar-refractivity contribution in [3.05, 3.63) is 12.2 Å². The van der Waals surface area contributed by atoms with Crippen LogP contribution in [0.5, 0.6) is 0 Å². The molecule has 0 spiro atoms. The first kappa shape index (κ1) is 31.1. The van der Waals surface area contributed by atoms with E-state index >= 15 is 0 Å². The third-order valence-corrected chi connectivity index (χ3v) is 5.99. The van der Waals surface area contributed by atoms with Crippen molar-refractivity contribution in [1.82, 2.24) is 0 Å². The highest BCUT2D eigenvalue weighted by Crippen LogP contribution is 2.23. The second kappa shape index (κ2) is 20.7. The van der Waals surface area contributed by atoms with Gasteiger partial charge in [0.25, 0.3) is 0 Å². The molecule has 0 saturated carbocycles. The van der Waals surface area contributed by atoms with Crippen LogP contribution in [0.1, 0.15) is 130 Å². The van der Waals surface area contributed by atoms with E-state index in [1.54, 1.807) is 0 Å².